The Balaban J connectivity index is 1.70. The normalized spacial score (nSPS) is 16.5. The molecule has 31 heavy (non-hydrogen) atoms. The van der Waals surface area contributed by atoms with E-state index in [9.17, 15) is 9.59 Å². The molecule has 0 saturated carbocycles. The van der Waals surface area contributed by atoms with Crippen LogP contribution >= 0.6 is 11.8 Å². The molecule has 1 aliphatic rings. The Kier molecular flexibility index (Phi) is 7.94. The second-order valence-corrected chi connectivity index (χ2v) is 8.05. The van der Waals surface area contributed by atoms with Crippen LogP contribution in [0.4, 0.5) is 11.4 Å². The molecule has 2 aromatic rings. The molecule has 7 nitrogen and oxygen atoms in total. The van der Waals surface area contributed by atoms with Crippen LogP contribution in [0, 0.1) is 0 Å². The van der Waals surface area contributed by atoms with Gasteiger partial charge in [-0.3, -0.25) is 14.6 Å². The number of ether oxygens (including phenoxy) is 2. The number of benzene rings is 2. The summed E-state index contributed by atoms with van der Waals surface area (Å²) in [7, 11) is 1.61. The Morgan fingerprint density at radius 1 is 1.16 bits per heavy atom. The fourth-order valence-electron chi connectivity index (χ4n) is 3.09. The number of amidine groups is 1. The van der Waals surface area contributed by atoms with Crippen molar-refractivity contribution in [1.29, 1.82) is 0 Å². The fraction of sp³-hybridized carbons (Fsp3) is 0.348. The maximum absolute atomic E-state index is 13.0. The molecule has 1 N–H and O–H groups in total. The van der Waals surface area contributed by atoms with Crippen LogP contribution in [0.1, 0.15) is 26.7 Å². The Hall–Kier alpha value is -3.00. The summed E-state index contributed by atoms with van der Waals surface area (Å²) in [5, 5.41) is 3.29. The van der Waals surface area contributed by atoms with Crippen molar-refractivity contribution in [3.05, 3.63) is 48.5 Å². The van der Waals surface area contributed by atoms with Gasteiger partial charge in [-0.05, 0) is 49.7 Å². The molecule has 3 rings (SSSR count). The number of nitrogens with zero attached hydrogens (tertiary/aromatic N) is 2. The molecule has 1 aliphatic heterocycles. The van der Waals surface area contributed by atoms with Crippen molar-refractivity contribution in [3.63, 3.8) is 0 Å². The van der Waals surface area contributed by atoms with Gasteiger partial charge in [0.1, 0.15) is 16.7 Å². The summed E-state index contributed by atoms with van der Waals surface area (Å²) >= 11 is 1.27. The molecule has 0 aromatic heterocycles. The van der Waals surface area contributed by atoms with E-state index in [4.69, 9.17) is 9.47 Å². The summed E-state index contributed by atoms with van der Waals surface area (Å²) in [6, 6.07) is 14.5. The molecular weight excluding hydrogens is 414 g/mol. The topological polar surface area (TPSA) is 80.2 Å². The average molecular weight is 442 g/mol. The first kappa shape index (κ1) is 22.7. The second-order valence-electron chi connectivity index (χ2n) is 6.86. The highest BCUT2D eigenvalue weighted by Gasteiger charge is 2.40. The van der Waals surface area contributed by atoms with Gasteiger partial charge >= 0.3 is 0 Å². The first-order chi connectivity index (χ1) is 15.0. The molecule has 0 spiro atoms. The quantitative estimate of drug-likeness (QED) is 0.373. The monoisotopic (exact) mass is 441 g/mol. The molecule has 1 heterocycles. The van der Waals surface area contributed by atoms with E-state index in [-0.39, 0.29) is 18.2 Å². The van der Waals surface area contributed by atoms with E-state index in [1.807, 2.05) is 38.1 Å². The van der Waals surface area contributed by atoms with Crippen LogP contribution in [0.3, 0.4) is 0 Å². The molecule has 1 fully saturated rings. The van der Waals surface area contributed by atoms with Gasteiger partial charge in [0.2, 0.25) is 11.8 Å². The largest absolute Gasteiger partial charge is 0.497 e. The lowest BCUT2D eigenvalue weighted by molar-refractivity contribution is -0.121. The van der Waals surface area contributed by atoms with Crippen molar-refractivity contribution in [2.24, 2.45) is 4.99 Å². The lowest BCUT2D eigenvalue weighted by atomic mass is 10.3. The number of aliphatic imine (C=N–C) groups is 1. The van der Waals surface area contributed by atoms with E-state index in [0.717, 1.165) is 23.6 Å². The highest BCUT2D eigenvalue weighted by Crippen LogP contribution is 2.32. The SMILES string of the molecule is CCCOc1ccc(N2C(=O)C[C@H](SC(=NCC)Nc3cccc(OC)c3)C2=O)cc1. The minimum atomic E-state index is -0.535. The van der Waals surface area contributed by atoms with Crippen LogP contribution in [0.2, 0.25) is 0 Å². The zero-order valence-electron chi connectivity index (χ0n) is 18.0. The van der Waals surface area contributed by atoms with Gasteiger partial charge < -0.3 is 14.8 Å². The van der Waals surface area contributed by atoms with Gasteiger partial charge in [-0.25, -0.2) is 4.90 Å². The molecule has 0 radical (unpaired) electrons. The third kappa shape index (κ3) is 5.79. The van der Waals surface area contributed by atoms with Gasteiger partial charge in [-0.2, -0.15) is 0 Å². The van der Waals surface area contributed by atoms with E-state index in [1.54, 1.807) is 31.4 Å². The number of carbonyl (C=O) groups is 2. The lowest BCUT2D eigenvalue weighted by Crippen LogP contribution is -2.31. The van der Waals surface area contributed by atoms with E-state index in [0.29, 0.717) is 24.0 Å². The second kappa shape index (κ2) is 10.9. The molecule has 8 heteroatoms. The number of rotatable bonds is 8. The summed E-state index contributed by atoms with van der Waals surface area (Å²) in [5.74, 6) is 0.974. The van der Waals surface area contributed by atoms with Crippen LogP contribution in [-0.4, -0.2) is 42.5 Å². The summed E-state index contributed by atoms with van der Waals surface area (Å²) in [6.45, 7) is 5.13. The summed E-state index contributed by atoms with van der Waals surface area (Å²) < 4.78 is 10.8. The van der Waals surface area contributed by atoms with E-state index in [1.165, 1.54) is 16.7 Å². The smallest absolute Gasteiger partial charge is 0.247 e. The molecule has 1 atom stereocenters. The molecule has 2 aromatic carbocycles. The van der Waals surface area contributed by atoms with Gasteiger partial charge in [0.05, 0.1) is 19.4 Å². The van der Waals surface area contributed by atoms with Crippen LogP contribution < -0.4 is 19.7 Å². The fourth-order valence-corrected chi connectivity index (χ4v) is 4.17. The number of amides is 2. The standard InChI is InChI=1S/C23H27N3O4S/c1-4-13-30-18-11-9-17(10-12-18)26-21(27)15-20(22(26)28)31-23(24-5-2)25-16-7-6-8-19(14-16)29-3/h6-12,14,20H,4-5,13,15H2,1-3H3,(H,24,25)/t20-/m0/s1. The molecular formula is C23H27N3O4S. The van der Waals surface area contributed by atoms with Crippen molar-refractivity contribution in [2.75, 3.05) is 30.5 Å². The summed E-state index contributed by atoms with van der Waals surface area (Å²) in [4.78, 5) is 31.3. The van der Waals surface area contributed by atoms with Crippen LogP contribution in [0.25, 0.3) is 0 Å². The number of imide groups is 1. The van der Waals surface area contributed by atoms with Crippen LogP contribution in [0.15, 0.2) is 53.5 Å². The van der Waals surface area contributed by atoms with Gasteiger partial charge in [-0.1, -0.05) is 24.8 Å². The van der Waals surface area contributed by atoms with E-state index < -0.39 is 5.25 Å². The molecule has 164 valence electrons. The number of methoxy groups -OCH3 is 1. The summed E-state index contributed by atoms with van der Waals surface area (Å²) in [6.07, 6.45) is 1.04. The predicted molar refractivity (Wildman–Crippen MR) is 125 cm³/mol. The summed E-state index contributed by atoms with van der Waals surface area (Å²) in [5.41, 5.74) is 1.35. The minimum absolute atomic E-state index is 0.125. The Morgan fingerprint density at radius 3 is 2.61 bits per heavy atom. The molecule has 0 bridgehead atoms. The van der Waals surface area contributed by atoms with Crippen molar-refractivity contribution >= 4 is 40.1 Å². The number of thioether (sulfide) groups is 1. The average Bonchev–Trinajstić information content (AvgIpc) is 3.05. The first-order valence-electron chi connectivity index (χ1n) is 10.3. The zero-order chi connectivity index (χ0) is 22.2. The van der Waals surface area contributed by atoms with Crippen molar-refractivity contribution in [1.82, 2.24) is 0 Å². The van der Waals surface area contributed by atoms with Gasteiger partial charge in [0.15, 0.2) is 5.17 Å². The third-order valence-corrected chi connectivity index (χ3v) is 5.66. The first-order valence-corrected chi connectivity index (χ1v) is 11.2. The highest BCUT2D eigenvalue weighted by molar-refractivity contribution is 8.15. The maximum atomic E-state index is 13.0. The van der Waals surface area contributed by atoms with Crippen molar-refractivity contribution in [2.45, 2.75) is 31.9 Å². The number of nitrogens with one attached hydrogen (secondary N) is 1. The zero-order valence-corrected chi connectivity index (χ0v) is 18.8. The Morgan fingerprint density at radius 2 is 1.94 bits per heavy atom. The van der Waals surface area contributed by atoms with Crippen molar-refractivity contribution in [3.8, 4) is 11.5 Å². The molecule has 0 unspecified atom stereocenters. The van der Waals surface area contributed by atoms with E-state index in [2.05, 4.69) is 10.3 Å². The Bertz CT molecular complexity index is 946. The lowest BCUT2D eigenvalue weighted by Gasteiger charge is -2.16. The Labute approximate surface area is 186 Å². The molecule has 2 amide bonds. The molecule has 0 aliphatic carbocycles. The van der Waals surface area contributed by atoms with Gasteiger partial charge in [0, 0.05) is 24.7 Å². The van der Waals surface area contributed by atoms with Gasteiger partial charge in [-0.15, -0.1) is 0 Å². The maximum Gasteiger partial charge on any atom is 0.247 e. The highest BCUT2D eigenvalue weighted by atomic mass is 32.2. The van der Waals surface area contributed by atoms with Crippen molar-refractivity contribution < 1.29 is 19.1 Å². The predicted octanol–water partition coefficient (Wildman–Crippen LogP) is 4.34. The minimum Gasteiger partial charge on any atom is -0.497 e. The third-order valence-electron chi connectivity index (χ3n) is 4.55. The number of hydrogen-bond donors (Lipinski definition) is 1. The number of carbonyl (C=O) groups excluding carboxylic acids is 2. The number of anilines is 2. The van der Waals surface area contributed by atoms with Crippen LogP contribution in [-0.2, 0) is 9.59 Å². The number of hydrogen-bond acceptors (Lipinski definition) is 6. The van der Waals surface area contributed by atoms with Gasteiger partial charge in [0.25, 0.3) is 0 Å². The molecule has 1 saturated heterocycles. The van der Waals surface area contributed by atoms with E-state index >= 15 is 0 Å². The van der Waals surface area contributed by atoms with Crippen LogP contribution in [0.5, 0.6) is 11.5 Å².